The highest BCUT2D eigenvalue weighted by molar-refractivity contribution is 7.91. The number of benzene rings is 2. The van der Waals surface area contributed by atoms with Crippen molar-refractivity contribution < 1.29 is 39.5 Å². The van der Waals surface area contributed by atoms with Crippen LogP contribution in [-0.4, -0.2) is 43.6 Å². The van der Waals surface area contributed by atoms with Crippen molar-refractivity contribution in [3.63, 3.8) is 0 Å². The molecule has 4 N–H and O–H groups in total. The Morgan fingerprint density at radius 1 is 0.909 bits per heavy atom. The van der Waals surface area contributed by atoms with Crippen LogP contribution in [0.15, 0.2) is 54.9 Å². The molecule has 1 aliphatic heterocycles. The standard InChI is InChI=1S/C22H14F5N5O3S.C5H11N.CH3F/c23-12-4-3-11(14(24)8-12)10-36(33,34)32-20-15(25)9-17(18(26)19(20)27)35-21-13(2-1-6-29-21)16-5-7-30-22(28)31-16;1-2-4-6-5-3-1;1-2/h1-9,32H,10H2,(H2,28,30,31);6H,1-5H2;1H3. The Morgan fingerprint density at radius 3 is 2.25 bits per heavy atom. The lowest BCUT2D eigenvalue weighted by Gasteiger charge is -2.14. The van der Waals surface area contributed by atoms with Gasteiger partial charge in [-0.15, -0.1) is 0 Å². The Kier molecular flexibility index (Phi) is 12.3. The molecule has 5 rings (SSSR count). The number of aromatic nitrogens is 3. The summed E-state index contributed by atoms with van der Waals surface area (Å²) >= 11 is 0. The highest BCUT2D eigenvalue weighted by Crippen LogP contribution is 2.35. The van der Waals surface area contributed by atoms with Crippen molar-refractivity contribution in [3.8, 4) is 22.9 Å². The van der Waals surface area contributed by atoms with E-state index in [1.54, 1.807) is 4.72 Å². The fourth-order valence-corrected chi connectivity index (χ4v) is 5.09. The minimum atomic E-state index is -4.64. The maximum atomic E-state index is 14.8. The van der Waals surface area contributed by atoms with Crippen LogP contribution in [0.25, 0.3) is 11.3 Å². The van der Waals surface area contributed by atoms with Gasteiger partial charge in [0.25, 0.3) is 0 Å². The number of pyridine rings is 1. The molecule has 2 aromatic heterocycles. The zero-order chi connectivity index (χ0) is 32.3. The summed E-state index contributed by atoms with van der Waals surface area (Å²) in [6, 6.07) is 6.93. The van der Waals surface area contributed by atoms with Gasteiger partial charge in [0.15, 0.2) is 17.4 Å². The monoisotopic (exact) mass is 642 g/mol. The summed E-state index contributed by atoms with van der Waals surface area (Å²) in [4.78, 5) is 11.6. The zero-order valence-electron chi connectivity index (χ0n) is 23.3. The molecular formula is C28H28F6N6O3S. The third-order valence-electron chi connectivity index (χ3n) is 5.88. The highest BCUT2D eigenvalue weighted by Gasteiger charge is 2.26. The van der Waals surface area contributed by atoms with Gasteiger partial charge in [0, 0.05) is 30.1 Å². The summed E-state index contributed by atoms with van der Waals surface area (Å²) in [5.41, 5.74) is 4.15. The number of sulfonamides is 1. The van der Waals surface area contributed by atoms with Gasteiger partial charge in [-0.2, -0.15) is 4.39 Å². The topological polar surface area (TPSA) is 132 Å². The largest absolute Gasteiger partial charge is 0.435 e. The van der Waals surface area contributed by atoms with Crippen molar-refractivity contribution in [1.29, 1.82) is 0 Å². The van der Waals surface area contributed by atoms with Crippen LogP contribution in [-0.2, 0) is 15.8 Å². The molecule has 2 aromatic carbocycles. The first-order chi connectivity index (χ1) is 21.0. The van der Waals surface area contributed by atoms with E-state index in [0.29, 0.717) is 19.3 Å². The number of nitrogens with zero attached hydrogens (tertiary/aromatic N) is 3. The van der Waals surface area contributed by atoms with E-state index in [0.717, 1.165) is 12.1 Å². The van der Waals surface area contributed by atoms with E-state index in [4.69, 9.17) is 10.5 Å². The molecule has 1 aliphatic rings. The number of anilines is 2. The van der Waals surface area contributed by atoms with Gasteiger partial charge in [0.1, 0.15) is 17.3 Å². The average Bonchev–Trinajstić information content (AvgIpc) is 3.02. The van der Waals surface area contributed by atoms with Crippen LogP contribution in [0.3, 0.4) is 0 Å². The minimum Gasteiger partial charge on any atom is -0.435 e. The smallest absolute Gasteiger partial charge is 0.237 e. The number of rotatable bonds is 7. The predicted octanol–water partition coefficient (Wildman–Crippen LogP) is 5.90. The lowest BCUT2D eigenvalue weighted by molar-refractivity contribution is 0.401. The van der Waals surface area contributed by atoms with E-state index >= 15 is 0 Å². The molecule has 4 aromatic rings. The van der Waals surface area contributed by atoms with Crippen LogP contribution in [0, 0.1) is 29.1 Å². The summed E-state index contributed by atoms with van der Waals surface area (Å²) in [5, 5.41) is 3.28. The second-order valence-corrected chi connectivity index (χ2v) is 10.7. The number of alkyl halides is 1. The SMILES string of the molecule is C1CCNCC1.CF.Nc1nccc(-c2cccnc2Oc2cc(F)c(NS(=O)(=O)Cc3ccc(F)cc3F)c(F)c2F)n1. The molecule has 3 heterocycles. The van der Waals surface area contributed by atoms with Crippen LogP contribution in [0.4, 0.5) is 38.0 Å². The molecule has 44 heavy (non-hydrogen) atoms. The first kappa shape index (κ1) is 34.1. The van der Waals surface area contributed by atoms with Gasteiger partial charge >= 0.3 is 0 Å². The highest BCUT2D eigenvalue weighted by atomic mass is 32.2. The minimum absolute atomic E-state index is 0.0808. The maximum absolute atomic E-state index is 14.8. The molecule has 1 fully saturated rings. The number of nitrogens with two attached hydrogens (primary N) is 1. The van der Waals surface area contributed by atoms with E-state index in [2.05, 4.69) is 20.3 Å². The van der Waals surface area contributed by atoms with Crippen LogP contribution in [0.2, 0.25) is 0 Å². The van der Waals surface area contributed by atoms with Crippen LogP contribution in [0.5, 0.6) is 11.6 Å². The molecule has 0 amide bonds. The van der Waals surface area contributed by atoms with Crippen molar-refractivity contribution in [2.75, 3.05) is 30.7 Å². The number of hydrogen-bond acceptors (Lipinski definition) is 8. The third-order valence-corrected chi connectivity index (χ3v) is 7.08. The summed E-state index contributed by atoms with van der Waals surface area (Å²) in [7, 11) is -4.14. The van der Waals surface area contributed by atoms with Crippen molar-refractivity contribution in [3.05, 3.63) is 89.5 Å². The van der Waals surface area contributed by atoms with Gasteiger partial charge in [0.2, 0.25) is 27.7 Å². The molecule has 0 unspecified atom stereocenters. The van der Waals surface area contributed by atoms with Gasteiger partial charge in [-0.05, 0) is 50.2 Å². The lowest BCUT2D eigenvalue weighted by Crippen LogP contribution is -2.21. The Hall–Kier alpha value is -4.44. The molecule has 1 saturated heterocycles. The maximum Gasteiger partial charge on any atom is 0.237 e. The lowest BCUT2D eigenvalue weighted by atomic mass is 10.2. The number of nitrogen functional groups attached to an aromatic ring is 1. The summed E-state index contributed by atoms with van der Waals surface area (Å²) in [6.45, 7) is 2.50. The van der Waals surface area contributed by atoms with E-state index in [9.17, 15) is 34.8 Å². The van der Waals surface area contributed by atoms with Crippen LogP contribution < -0.4 is 20.5 Å². The molecule has 9 nitrogen and oxygen atoms in total. The van der Waals surface area contributed by atoms with Crippen LogP contribution in [0.1, 0.15) is 24.8 Å². The number of piperidine rings is 1. The second kappa shape index (κ2) is 15.9. The van der Waals surface area contributed by atoms with Gasteiger partial charge in [0.05, 0.1) is 24.2 Å². The Labute approximate surface area is 249 Å². The fraction of sp³-hybridized carbons (Fsp3) is 0.250. The van der Waals surface area contributed by atoms with E-state index in [-0.39, 0.29) is 23.1 Å². The summed E-state index contributed by atoms with van der Waals surface area (Å²) in [6.07, 6.45) is 6.82. The second-order valence-electron chi connectivity index (χ2n) is 9.03. The van der Waals surface area contributed by atoms with E-state index in [1.165, 1.54) is 62.9 Å². The molecule has 236 valence electrons. The Morgan fingerprint density at radius 2 is 1.64 bits per heavy atom. The first-order valence-electron chi connectivity index (χ1n) is 13.0. The van der Waals surface area contributed by atoms with Gasteiger partial charge in [-0.1, -0.05) is 12.5 Å². The molecule has 0 atom stereocenters. The predicted molar refractivity (Wildman–Crippen MR) is 152 cm³/mol. The quantitative estimate of drug-likeness (QED) is 0.168. The molecule has 0 radical (unpaired) electrons. The molecule has 0 bridgehead atoms. The van der Waals surface area contributed by atoms with Crippen molar-refractivity contribution in [1.82, 2.24) is 20.3 Å². The molecule has 0 aliphatic carbocycles. The van der Waals surface area contributed by atoms with Gasteiger partial charge in [-0.3, -0.25) is 9.11 Å². The van der Waals surface area contributed by atoms with Crippen molar-refractivity contribution >= 4 is 21.7 Å². The van der Waals surface area contributed by atoms with Crippen molar-refractivity contribution in [2.24, 2.45) is 0 Å². The molecular weight excluding hydrogens is 614 g/mol. The Bertz CT molecular complexity index is 1660. The number of halogens is 6. The Balaban J connectivity index is 0.000000582. The number of ether oxygens (including phenoxy) is 1. The first-order valence-corrected chi connectivity index (χ1v) is 14.6. The van der Waals surface area contributed by atoms with E-state index in [1.807, 2.05) is 0 Å². The van der Waals surface area contributed by atoms with Crippen molar-refractivity contribution in [2.45, 2.75) is 25.0 Å². The van der Waals surface area contributed by atoms with Crippen LogP contribution >= 0.6 is 0 Å². The van der Waals surface area contributed by atoms with Gasteiger partial charge in [-0.25, -0.2) is 40.9 Å². The molecule has 16 heteroatoms. The zero-order valence-corrected chi connectivity index (χ0v) is 24.1. The van der Waals surface area contributed by atoms with Gasteiger partial charge < -0.3 is 15.8 Å². The summed E-state index contributed by atoms with van der Waals surface area (Å²) in [5.74, 6) is -9.73. The number of hydrogen-bond donors (Lipinski definition) is 3. The van der Waals surface area contributed by atoms with E-state index < -0.39 is 61.9 Å². The third kappa shape index (κ3) is 9.28. The summed E-state index contributed by atoms with van der Waals surface area (Å²) < 4.78 is 112. The normalized spacial score (nSPS) is 12.7. The fourth-order valence-electron chi connectivity index (χ4n) is 3.87. The number of nitrogens with one attached hydrogen (secondary N) is 2. The molecule has 0 saturated carbocycles. The molecule has 0 spiro atoms. The average molecular weight is 643 g/mol.